The van der Waals surface area contributed by atoms with Gasteiger partial charge in [0, 0.05) is 25.2 Å². The van der Waals surface area contributed by atoms with Crippen LogP contribution in [0.2, 0.25) is 0 Å². The molecule has 3 N–H and O–H groups in total. The molecule has 2 unspecified atom stereocenters. The molecule has 2 atom stereocenters. The Kier molecular flexibility index (Phi) is 4.73. The van der Waals surface area contributed by atoms with Crippen molar-refractivity contribution in [2.45, 2.75) is 31.8 Å². The molecule has 0 saturated carbocycles. The minimum Gasteiger partial charge on any atom is -0.356 e. The number of amides is 3. The third-order valence-electron chi connectivity index (χ3n) is 5.08. The van der Waals surface area contributed by atoms with Crippen LogP contribution < -0.4 is 20.9 Å². The van der Waals surface area contributed by atoms with E-state index in [9.17, 15) is 14.4 Å². The molecule has 1 fully saturated rings. The van der Waals surface area contributed by atoms with Crippen LogP contribution in [0.5, 0.6) is 0 Å². The van der Waals surface area contributed by atoms with Gasteiger partial charge in [-0.1, -0.05) is 24.3 Å². The standard InChI is InChI=1S/C21H22N4O3/c1-13(26)22-15-8-6-14(7-9-15)10-20(27)23-16-11-19-21(28)24-17-4-2-3-5-18(17)25(19)12-16/h2-9,16,19H,10-12H2,1H3,(H,22,26)(H,23,27)(H,24,28). The number of para-hydroxylation sites is 2. The van der Waals surface area contributed by atoms with Crippen molar-refractivity contribution in [1.29, 1.82) is 0 Å². The summed E-state index contributed by atoms with van der Waals surface area (Å²) in [6.07, 6.45) is 0.845. The summed E-state index contributed by atoms with van der Waals surface area (Å²) in [5.41, 5.74) is 3.38. The molecule has 1 saturated heterocycles. The molecule has 144 valence electrons. The quantitative estimate of drug-likeness (QED) is 0.758. The maximum atomic E-state index is 12.5. The summed E-state index contributed by atoms with van der Waals surface area (Å²) in [7, 11) is 0. The van der Waals surface area contributed by atoms with E-state index in [0.29, 0.717) is 18.7 Å². The molecule has 4 rings (SSSR count). The number of carbonyl (C=O) groups excluding carboxylic acids is 3. The van der Waals surface area contributed by atoms with Crippen molar-refractivity contribution >= 4 is 34.8 Å². The smallest absolute Gasteiger partial charge is 0.247 e. The predicted molar refractivity (Wildman–Crippen MR) is 107 cm³/mol. The minimum absolute atomic E-state index is 0.0241. The summed E-state index contributed by atoms with van der Waals surface area (Å²) in [6, 6.07) is 14.6. The third-order valence-corrected chi connectivity index (χ3v) is 5.08. The molecular formula is C21H22N4O3. The van der Waals surface area contributed by atoms with Gasteiger partial charge in [0.25, 0.3) is 0 Å². The Morgan fingerprint density at radius 1 is 1.14 bits per heavy atom. The number of nitrogens with zero attached hydrogens (tertiary/aromatic N) is 1. The van der Waals surface area contributed by atoms with Gasteiger partial charge in [0.05, 0.1) is 17.8 Å². The number of fused-ring (bicyclic) bond motifs is 3. The third kappa shape index (κ3) is 3.69. The maximum absolute atomic E-state index is 12.5. The van der Waals surface area contributed by atoms with Crippen LogP contribution in [-0.2, 0) is 20.8 Å². The van der Waals surface area contributed by atoms with Gasteiger partial charge in [0.2, 0.25) is 17.7 Å². The van der Waals surface area contributed by atoms with Crippen LogP contribution in [0.15, 0.2) is 48.5 Å². The lowest BCUT2D eigenvalue weighted by atomic mass is 10.1. The lowest BCUT2D eigenvalue weighted by Gasteiger charge is -2.32. The molecule has 2 aliphatic heterocycles. The normalized spacial score (nSPS) is 20.0. The summed E-state index contributed by atoms with van der Waals surface area (Å²) in [6.45, 7) is 2.07. The summed E-state index contributed by atoms with van der Waals surface area (Å²) in [5, 5.41) is 8.69. The van der Waals surface area contributed by atoms with E-state index in [1.807, 2.05) is 36.4 Å². The van der Waals surface area contributed by atoms with Crippen LogP contribution in [-0.4, -0.2) is 36.3 Å². The zero-order valence-electron chi connectivity index (χ0n) is 15.6. The van der Waals surface area contributed by atoms with Crippen molar-refractivity contribution in [2.24, 2.45) is 0 Å². The number of benzene rings is 2. The highest BCUT2D eigenvalue weighted by Crippen LogP contribution is 2.36. The zero-order valence-corrected chi connectivity index (χ0v) is 15.6. The summed E-state index contributed by atoms with van der Waals surface area (Å²) in [5.74, 6) is -0.233. The predicted octanol–water partition coefficient (Wildman–Crippen LogP) is 1.90. The fourth-order valence-electron chi connectivity index (χ4n) is 3.87. The molecule has 2 heterocycles. The van der Waals surface area contributed by atoms with Gasteiger partial charge in [-0.3, -0.25) is 14.4 Å². The molecule has 28 heavy (non-hydrogen) atoms. The van der Waals surface area contributed by atoms with Crippen LogP contribution in [0.1, 0.15) is 18.9 Å². The molecule has 7 heteroatoms. The number of carbonyl (C=O) groups is 3. The van der Waals surface area contributed by atoms with E-state index in [4.69, 9.17) is 0 Å². The Labute approximate surface area is 163 Å². The molecular weight excluding hydrogens is 356 g/mol. The van der Waals surface area contributed by atoms with E-state index in [1.54, 1.807) is 12.1 Å². The van der Waals surface area contributed by atoms with Gasteiger partial charge in [-0.25, -0.2) is 0 Å². The first-order valence-electron chi connectivity index (χ1n) is 9.32. The lowest BCUT2D eigenvalue weighted by molar-refractivity contribution is -0.121. The highest BCUT2D eigenvalue weighted by Gasteiger charge is 2.41. The molecule has 0 aromatic heterocycles. The van der Waals surface area contributed by atoms with Crippen LogP contribution in [0, 0.1) is 0 Å². The van der Waals surface area contributed by atoms with Gasteiger partial charge in [-0.05, 0) is 36.2 Å². The second-order valence-electron chi connectivity index (χ2n) is 7.23. The molecule has 2 aromatic carbocycles. The maximum Gasteiger partial charge on any atom is 0.247 e. The van der Waals surface area contributed by atoms with E-state index in [0.717, 1.165) is 16.9 Å². The van der Waals surface area contributed by atoms with Crippen LogP contribution in [0.4, 0.5) is 17.1 Å². The van der Waals surface area contributed by atoms with Gasteiger partial charge >= 0.3 is 0 Å². The highest BCUT2D eigenvalue weighted by atomic mass is 16.2. The van der Waals surface area contributed by atoms with Crippen LogP contribution in [0.3, 0.4) is 0 Å². The van der Waals surface area contributed by atoms with Crippen molar-refractivity contribution in [3.8, 4) is 0 Å². The Bertz CT molecular complexity index is 926. The van der Waals surface area contributed by atoms with Crippen molar-refractivity contribution in [3.63, 3.8) is 0 Å². The molecule has 2 aliphatic rings. The molecule has 2 aromatic rings. The largest absolute Gasteiger partial charge is 0.356 e. The molecule has 0 bridgehead atoms. The first-order chi connectivity index (χ1) is 13.5. The van der Waals surface area contributed by atoms with E-state index in [-0.39, 0.29) is 36.2 Å². The summed E-state index contributed by atoms with van der Waals surface area (Å²) in [4.78, 5) is 38.0. The number of hydrogen-bond acceptors (Lipinski definition) is 4. The highest BCUT2D eigenvalue weighted by molar-refractivity contribution is 6.04. The topological polar surface area (TPSA) is 90.5 Å². The average Bonchev–Trinajstić information content (AvgIpc) is 3.07. The average molecular weight is 378 g/mol. The molecule has 0 aliphatic carbocycles. The number of anilines is 3. The minimum atomic E-state index is -0.253. The second kappa shape index (κ2) is 7.34. The molecule has 0 radical (unpaired) electrons. The van der Waals surface area contributed by atoms with Gasteiger partial charge in [0.15, 0.2) is 0 Å². The monoisotopic (exact) mass is 378 g/mol. The molecule has 7 nitrogen and oxygen atoms in total. The van der Waals surface area contributed by atoms with Crippen molar-refractivity contribution in [1.82, 2.24) is 5.32 Å². The van der Waals surface area contributed by atoms with E-state index < -0.39 is 0 Å². The summed E-state index contributed by atoms with van der Waals surface area (Å²) < 4.78 is 0. The zero-order chi connectivity index (χ0) is 19.7. The SMILES string of the molecule is CC(=O)Nc1ccc(CC(=O)NC2CC3C(=O)Nc4ccccc4N3C2)cc1. The van der Waals surface area contributed by atoms with Crippen LogP contribution in [0.25, 0.3) is 0 Å². The number of hydrogen-bond donors (Lipinski definition) is 3. The van der Waals surface area contributed by atoms with Crippen molar-refractivity contribution in [3.05, 3.63) is 54.1 Å². The van der Waals surface area contributed by atoms with Crippen LogP contribution >= 0.6 is 0 Å². The molecule has 3 amide bonds. The van der Waals surface area contributed by atoms with Gasteiger partial charge in [-0.2, -0.15) is 0 Å². The Morgan fingerprint density at radius 3 is 2.64 bits per heavy atom. The van der Waals surface area contributed by atoms with E-state index in [1.165, 1.54) is 6.92 Å². The Morgan fingerprint density at radius 2 is 1.89 bits per heavy atom. The fourth-order valence-corrected chi connectivity index (χ4v) is 3.87. The fraction of sp³-hybridized carbons (Fsp3) is 0.286. The van der Waals surface area contributed by atoms with Gasteiger partial charge < -0.3 is 20.9 Å². The van der Waals surface area contributed by atoms with E-state index in [2.05, 4.69) is 20.9 Å². The van der Waals surface area contributed by atoms with Crippen molar-refractivity contribution in [2.75, 3.05) is 22.1 Å². The molecule has 0 spiro atoms. The number of nitrogens with one attached hydrogen (secondary N) is 3. The second-order valence-corrected chi connectivity index (χ2v) is 7.23. The van der Waals surface area contributed by atoms with Gasteiger partial charge in [-0.15, -0.1) is 0 Å². The first kappa shape index (κ1) is 18.0. The van der Waals surface area contributed by atoms with E-state index >= 15 is 0 Å². The van der Waals surface area contributed by atoms with Crippen molar-refractivity contribution < 1.29 is 14.4 Å². The summed E-state index contributed by atoms with van der Waals surface area (Å²) >= 11 is 0. The first-order valence-corrected chi connectivity index (χ1v) is 9.32. The Balaban J connectivity index is 1.37. The Hall–Kier alpha value is -3.35. The van der Waals surface area contributed by atoms with Gasteiger partial charge in [0.1, 0.15) is 6.04 Å². The lowest BCUT2D eigenvalue weighted by Crippen LogP contribution is -2.44. The number of rotatable bonds is 4.